The number of nitrogens with two attached hydrogens (primary N) is 1. The standard InChI is InChI=1S/C15H13FN2O/c16-14-4-5-15(13(7-14)9-18)19-10-12-3-1-2-11(6-12)8-17/h1-7H,9-10,18H2. The molecule has 0 radical (unpaired) electrons. The number of ether oxygens (including phenoxy) is 1. The van der Waals surface area contributed by atoms with E-state index in [1.54, 1.807) is 24.3 Å². The van der Waals surface area contributed by atoms with Crippen molar-refractivity contribution in [3.8, 4) is 11.8 Å². The molecule has 2 aromatic rings. The fraction of sp³-hybridized carbons (Fsp3) is 0.133. The minimum atomic E-state index is -0.334. The quantitative estimate of drug-likeness (QED) is 0.915. The normalized spacial score (nSPS) is 9.95. The molecule has 2 N–H and O–H groups in total. The van der Waals surface area contributed by atoms with Crippen molar-refractivity contribution in [3.63, 3.8) is 0 Å². The van der Waals surface area contributed by atoms with Crippen molar-refractivity contribution >= 4 is 0 Å². The summed E-state index contributed by atoms with van der Waals surface area (Å²) in [5.41, 5.74) is 7.63. The topological polar surface area (TPSA) is 59.0 Å². The maximum atomic E-state index is 13.0. The lowest BCUT2D eigenvalue weighted by Gasteiger charge is -2.10. The molecule has 0 spiro atoms. The van der Waals surface area contributed by atoms with E-state index in [-0.39, 0.29) is 12.4 Å². The van der Waals surface area contributed by atoms with E-state index in [9.17, 15) is 4.39 Å². The molecule has 0 aliphatic heterocycles. The Kier molecular flexibility index (Phi) is 4.11. The monoisotopic (exact) mass is 256 g/mol. The van der Waals surface area contributed by atoms with E-state index < -0.39 is 0 Å². The summed E-state index contributed by atoms with van der Waals surface area (Å²) in [5, 5.41) is 8.81. The van der Waals surface area contributed by atoms with Crippen molar-refractivity contribution in [2.24, 2.45) is 5.73 Å². The first-order valence-corrected chi connectivity index (χ1v) is 5.83. The molecular weight excluding hydrogens is 243 g/mol. The van der Waals surface area contributed by atoms with Crippen LogP contribution in [0.3, 0.4) is 0 Å². The van der Waals surface area contributed by atoms with Gasteiger partial charge in [0.25, 0.3) is 0 Å². The highest BCUT2D eigenvalue weighted by atomic mass is 19.1. The molecule has 0 aromatic heterocycles. The van der Waals surface area contributed by atoms with Crippen LogP contribution in [-0.4, -0.2) is 0 Å². The van der Waals surface area contributed by atoms with E-state index >= 15 is 0 Å². The third kappa shape index (κ3) is 3.30. The van der Waals surface area contributed by atoms with Crippen LogP contribution in [0.5, 0.6) is 5.75 Å². The molecule has 0 aliphatic rings. The zero-order valence-corrected chi connectivity index (χ0v) is 10.3. The van der Waals surface area contributed by atoms with Gasteiger partial charge >= 0.3 is 0 Å². The van der Waals surface area contributed by atoms with Gasteiger partial charge < -0.3 is 10.5 Å². The SMILES string of the molecule is N#Cc1cccc(COc2ccc(F)cc2CN)c1. The van der Waals surface area contributed by atoms with Crippen LogP contribution in [0.2, 0.25) is 0 Å². The highest BCUT2D eigenvalue weighted by Crippen LogP contribution is 2.20. The molecule has 0 fully saturated rings. The van der Waals surface area contributed by atoms with E-state index in [0.29, 0.717) is 23.5 Å². The first kappa shape index (κ1) is 13.1. The van der Waals surface area contributed by atoms with Crippen molar-refractivity contribution in [2.45, 2.75) is 13.2 Å². The molecule has 2 aromatic carbocycles. The lowest BCUT2D eigenvalue weighted by molar-refractivity contribution is 0.302. The molecule has 4 heteroatoms. The summed E-state index contributed by atoms with van der Waals surface area (Å²) >= 11 is 0. The van der Waals surface area contributed by atoms with Gasteiger partial charge in [0.15, 0.2) is 0 Å². The van der Waals surface area contributed by atoms with Gasteiger partial charge in [-0.2, -0.15) is 5.26 Å². The molecule has 0 amide bonds. The second-order valence-corrected chi connectivity index (χ2v) is 4.06. The zero-order chi connectivity index (χ0) is 13.7. The molecule has 3 nitrogen and oxygen atoms in total. The van der Waals surface area contributed by atoms with Gasteiger partial charge in [-0.15, -0.1) is 0 Å². The molecule has 0 atom stereocenters. The van der Waals surface area contributed by atoms with E-state index in [2.05, 4.69) is 6.07 Å². The van der Waals surface area contributed by atoms with Crippen molar-refractivity contribution in [1.82, 2.24) is 0 Å². The minimum Gasteiger partial charge on any atom is -0.489 e. The lowest BCUT2D eigenvalue weighted by Crippen LogP contribution is -2.03. The number of halogens is 1. The van der Waals surface area contributed by atoms with Crippen LogP contribution in [0, 0.1) is 17.1 Å². The predicted molar refractivity (Wildman–Crippen MR) is 69.8 cm³/mol. The zero-order valence-electron chi connectivity index (χ0n) is 10.3. The van der Waals surface area contributed by atoms with E-state index in [1.165, 1.54) is 12.1 Å². The molecule has 0 heterocycles. The second kappa shape index (κ2) is 5.98. The predicted octanol–water partition coefficient (Wildman–Crippen LogP) is 2.74. The maximum Gasteiger partial charge on any atom is 0.124 e. The molecule has 19 heavy (non-hydrogen) atoms. The largest absolute Gasteiger partial charge is 0.489 e. The smallest absolute Gasteiger partial charge is 0.124 e. The highest BCUT2D eigenvalue weighted by Gasteiger charge is 2.04. The van der Waals surface area contributed by atoms with Gasteiger partial charge in [-0.25, -0.2) is 4.39 Å². The van der Waals surface area contributed by atoms with Crippen LogP contribution < -0.4 is 10.5 Å². The van der Waals surface area contributed by atoms with Gasteiger partial charge in [0.05, 0.1) is 11.6 Å². The van der Waals surface area contributed by atoms with Gasteiger partial charge in [0.1, 0.15) is 18.2 Å². The summed E-state index contributed by atoms with van der Waals surface area (Å²) < 4.78 is 18.7. The summed E-state index contributed by atoms with van der Waals surface area (Å²) in [4.78, 5) is 0. The Morgan fingerprint density at radius 1 is 1.21 bits per heavy atom. The van der Waals surface area contributed by atoms with Crippen LogP contribution >= 0.6 is 0 Å². The Balaban J connectivity index is 2.12. The Morgan fingerprint density at radius 2 is 2.05 bits per heavy atom. The van der Waals surface area contributed by atoms with Crippen LogP contribution in [0.1, 0.15) is 16.7 Å². The Morgan fingerprint density at radius 3 is 2.79 bits per heavy atom. The molecule has 0 unspecified atom stereocenters. The Bertz CT molecular complexity index is 620. The summed E-state index contributed by atoms with van der Waals surface area (Å²) in [5.74, 6) is 0.227. The first-order chi connectivity index (χ1) is 9.22. The number of benzene rings is 2. The molecule has 2 rings (SSSR count). The van der Waals surface area contributed by atoms with Crippen molar-refractivity contribution in [2.75, 3.05) is 0 Å². The Labute approximate surface area is 111 Å². The summed E-state index contributed by atoms with van der Waals surface area (Å²) in [6.07, 6.45) is 0. The highest BCUT2D eigenvalue weighted by molar-refractivity contribution is 5.35. The average Bonchev–Trinajstić information content (AvgIpc) is 2.46. The van der Waals surface area contributed by atoms with Crippen LogP contribution in [0.4, 0.5) is 4.39 Å². The van der Waals surface area contributed by atoms with Gasteiger partial charge in [-0.3, -0.25) is 0 Å². The van der Waals surface area contributed by atoms with E-state index in [1.807, 2.05) is 6.07 Å². The van der Waals surface area contributed by atoms with Crippen molar-refractivity contribution < 1.29 is 9.13 Å². The van der Waals surface area contributed by atoms with Crippen LogP contribution in [0.15, 0.2) is 42.5 Å². The number of hydrogen-bond donors (Lipinski definition) is 1. The second-order valence-electron chi connectivity index (χ2n) is 4.06. The number of hydrogen-bond acceptors (Lipinski definition) is 3. The molecule has 0 saturated heterocycles. The maximum absolute atomic E-state index is 13.0. The summed E-state index contributed by atoms with van der Waals surface area (Å²) in [6.45, 7) is 0.527. The van der Waals surface area contributed by atoms with Gasteiger partial charge in [-0.05, 0) is 35.9 Å². The Hall–Kier alpha value is -2.38. The van der Waals surface area contributed by atoms with Gasteiger partial charge in [0.2, 0.25) is 0 Å². The molecule has 96 valence electrons. The van der Waals surface area contributed by atoms with Gasteiger partial charge in [0, 0.05) is 12.1 Å². The van der Waals surface area contributed by atoms with E-state index in [4.69, 9.17) is 15.7 Å². The fourth-order valence-electron chi connectivity index (χ4n) is 1.74. The van der Waals surface area contributed by atoms with E-state index in [0.717, 1.165) is 5.56 Å². The molecule has 0 aliphatic carbocycles. The van der Waals surface area contributed by atoms with Crippen LogP contribution in [0.25, 0.3) is 0 Å². The summed E-state index contributed by atoms with van der Waals surface area (Å²) in [7, 11) is 0. The molecular formula is C15H13FN2O. The number of nitrogens with zero attached hydrogens (tertiary/aromatic N) is 1. The number of nitriles is 1. The van der Waals surface area contributed by atoms with Crippen molar-refractivity contribution in [1.29, 1.82) is 5.26 Å². The molecule has 0 bridgehead atoms. The fourth-order valence-corrected chi connectivity index (χ4v) is 1.74. The van der Waals surface area contributed by atoms with Crippen molar-refractivity contribution in [3.05, 3.63) is 65.0 Å². The third-order valence-electron chi connectivity index (χ3n) is 2.69. The lowest BCUT2D eigenvalue weighted by atomic mass is 10.1. The van der Waals surface area contributed by atoms with Crippen LogP contribution in [-0.2, 0) is 13.2 Å². The number of rotatable bonds is 4. The van der Waals surface area contributed by atoms with Gasteiger partial charge in [-0.1, -0.05) is 12.1 Å². The average molecular weight is 256 g/mol. The minimum absolute atomic E-state index is 0.214. The molecule has 0 saturated carbocycles. The first-order valence-electron chi connectivity index (χ1n) is 5.83. The third-order valence-corrected chi connectivity index (χ3v) is 2.69. The summed E-state index contributed by atoms with van der Waals surface area (Å²) in [6, 6.07) is 13.5.